The molecule has 1 aliphatic heterocycles. The van der Waals surface area contributed by atoms with Crippen LogP contribution in [-0.2, 0) is 4.79 Å². The summed E-state index contributed by atoms with van der Waals surface area (Å²) in [6.07, 6.45) is 5.80. The lowest BCUT2D eigenvalue weighted by Crippen LogP contribution is -2.48. The Morgan fingerprint density at radius 1 is 1.24 bits per heavy atom. The lowest BCUT2D eigenvalue weighted by molar-refractivity contribution is -0.134. The third-order valence-electron chi connectivity index (χ3n) is 5.12. The molecule has 2 atom stereocenters. The van der Waals surface area contributed by atoms with Gasteiger partial charge in [0.15, 0.2) is 11.0 Å². The molecule has 25 heavy (non-hydrogen) atoms. The van der Waals surface area contributed by atoms with Crippen LogP contribution in [0.15, 0.2) is 22.7 Å². The number of rotatable bonds is 5. The van der Waals surface area contributed by atoms with Gasteiger partial charge >= 0.3 is 0 Å². The first-order valence-corrected chi connectivity index (χ1v) is 10.9. The molecule has 0 spiro atoms. The number of thiophene rings is 1. The second-order valence-corrected chi connectivity index (χ2v) is 8.99. The van der Waals surface area contributed by atoms with E-state index in [2.05, 4.69) is 45.0 Å². The van der Waals surface area contributed by atoms with Gasteiger partial charge < -0.3 is 4.90 Å². The highest BCUT2D eigenvalue weighted by Crippen LogP contribution is 2.41. The minimum absolute atomic E-state index is 0.229. The predicted octanol–water partition coefficient (Wildman–Crippen LogP) is 4.22. The number of nitrogens with zero attached hydrogens (tertiary/aromatic N) is 4. The van der Waals surface area contributed by atoms with E-state index >= 15 is 0 Å². The van der Waals surface area contributed by atoms with Crippen LogP contribution >= 0.6 is 23.1 Å². The van der Waals surface area contributed by atoms with Crippen molar-refractivity contribution in [2.45, 2.75) is 69.2 Å². The zero-order valence-corrected chi connectivity index (χ0v) is 16.4. The Bertz CT molecular complexity index is 728. The average molecular weight is 377 g/mol. The maximum atomic E-state index is 12.8. The minimum atomic E-state index is 0.229. The van der Waals surface area contributed by atoms with Gasteiger partial charge in [0.25, 0.3) is 0 Å². The van der Waals surface area contributed by atoms with Gasteiger partial charge in [-0.25, -0.2) is 0 Å². The number of carbonyl (C=O) groups is 1. The zero-order chi connectivity index (χ0) is 17.4. The van der Waals surface area contributed by atoms with Crippen molar-refractivity contribution >= 4 is 29.0 Å². The fourth-order valence-electron chi connectivity index (χ4n) is 3.72. The third-order valence-corrected chi connectivity index (χ3v) is 6.92. The van der Waals surface area contributed by atoms with E-state index in [0.29, 0.717) is 23.9 Å². The lowest BCUT2D eigenvalue weighted by Gasteiger charge is -2.39. The molecule has 2 fully saturated rings. The molecule has 2 aromatic rings. The van der Waals surface area contributed by atoms with E-state index < -0.39 is 0 Å². The molecule has 2 aromatic heterocycles. The highest BCUT2D eigenvalue weighted by atomic mass is 32.2. The molecular formula is C18H24N4OS2. The second kappa shape index (κ2) is 7.11. The van der Waals surface area contributed by atoms with E-state index in [-0.39, 0.29) is 5.91 Å². The van der Waals surface area contributed by atoms with E-state index in [1.165, 1.54) is 19.3 Å². The van der Waals surface area contributed by atoms with Crippen LogP contribution in [0, 0.1) is 0 Å². The lowest BCUT2D eigenvalue weighted by atomic mass is 9.98. The van der Waals surface area contributed by atoms with Crippen LogP contribution in [0.1, 0.15) is 52.0 Å². The molecule has 2 unspecified atom stereocenters. The Balaban J connectivity index is 1.49. The first kappa shape index (κ1) is 17.1. The van der Waals surface area contributed by atoms with Gasteiger partial charge in [0.2, 0.25) is 5.91 Å². The Labute approximate surface area is 156 Å². The van der Waals surface area contributed by atoms with Crippen LogP contribution in [0.4, 0.5) is 0 Å². The first-order valence-electron chi connectivity index (χ1n) is 9.08. The number of hydrogen-bond donors (Lipinski definition) is 0. The molecule has 0 N–H and O–H groups in total. The molecule has 0 bridgehead atoms. The van der Waals surface area contributed by atoms with E-state index in [1.807, 2.05) is 6.07 Å². The number of piperidine rings is 1. The van der Waals surface area contributed by atoms with Crippen LogP contribution in [0.2, 0.25) is 0 Å². The minimum Gasteiger partial charge on any atom is -0.337 e. The quantitative estimate of drug-likeness (QED) is 0.733. The summed E-state index contributed by atoms with van der Waals surface area (Å²) in [6, 6.07) is 5.32. The van der Waals surface area contributed by atoms with Gasteiger partial charge in [0.05, 0.1) is 10.6 Å². The molecule has 0 aromatic carbocycles. The summed E-state index contributed by atoms with van der Waals surface area (Å²) in [5, 5.41) is 11.8. The van der Waals surface area contributed by atoms with E-state index in [1.54, 1.807) is 23.1 Å². The van der Waals surface area contributed by atoms with Crippen LogP contribution in [-0.4, -0.2) is 43.4 Å². The molecule has 7 heteroatoms. The highest BCUT2D eigenvalue weighted by Gasteiger charge is 2.32. The number of carbonyl (C=O) groups excluding carboxylic acids is 1. The van der Waals surface area contributed by atoms with Crippen LogP contribution < -0.4 is 0 Å². The van der Waals surface area contributed by atoms with Gasteiger partial charge in [0, 0.05) is 18.1 Å². The molecule has 0 radical (unpaired) electrons. The number of thioether (sulfide) groups is 1. The second-order valence-electron chi connectivity index (χ2n) is 7.10. The summed E-state index contributed by atoms with van der Waals surface area (Å²) in [6.45, 7) is 4.33. The largest absolute Gasteiger partial charge is 0.337 e. The van der Waals surface area contributed by atoms with E-state index in [9.17, 15) is 4.79 Å². The summed E-state index contributed by atoms with van der Waals surface area (Å²) in [5.41, 5.74) is 0. The smallest absolute Gasteiger partial charge is 0.233 e. The molecule has 1 amide bonds. The van der Waals surface area contributed by atoms with E-state index in [4.69, 9.17) is 0 Å². The third kappa shape index (κ3) is 3.49. The maximum absolute atomic E-state index is 12.8. The van der Waals surface area contributed by atoms with Crippen molar-refractivity contribution < 1.29 is 4.79 Å². The van der Waals surface area contributed by atoms with Crippen molar-refractivity contribution in [3.63, 3.8) is 0 Å². The van der Waals surface area contributed by atoms with Gasteiger partial charge in [-0.3, -0.25) is 9.36 Å². The summed E-state index contributed by atoms with van der Waals surface area (Å²) in [7, 11) is 0. The molecule has 5 nitrogen and oxygen atoms in total. The van der Waals surface area contributed by atoms with Crippen LogP contribution in [0.3, 0.4) is 0 Å². The normalized spacial score (nSPS) is 23.8. The standard InChI is InChI=1S/C18H24N4OS2/c1-12-5-3-6-13(2)21(12)16(23)11-25-18-20-19-17(15-7-4-10-24-15)22(18)14-8-9-14/h4,7,10,12-14H,3,5-6,8-9,11H2,1-2H3. The summed E-state index contributed by atoms with van der Waals surface area (Å²) >= 11 is 3.23. The number of aromatic nitrogens is 3. The van der Waals surface area contributed by atoms with Crippen molar-refractivity contribution in [1.29, 1.82) is 0 Å². The van der Waals surface area contributed by atoms with Crippen molar-refractivity contribution in [2.24, 2.45) is 0 Å². The Morgan fingerprint density at radius 3 is 2.64 bits per heavy atom. The van der Waals surface area contributed by atoms with Crippen molar-refractivity contribution in [2.75, 3.05) is 5.75 Å². The van der Waals surface area contributed by atoms with Gasteiger partial charge in [0.1, 0.15) is 0 Å². The summed E-state index contributed by atoms with van der Waals surface area (Å²) < 4.78 is 2.24. The highest BCUT2D eigenvalue weighted by molar-refractivity contribution is 7.99. The average Bonchev–Trinajstić information content (AvgIpc) is 3.11. The molecule has 2 aliphatic rings. The molecular weight excluding hydrogens is 352 g/mol. The van der Waals surface area contributed by atoms with Gasteiger partial charge in [-0.1, -0.05) is 17.8 Å². The SMILES string of the molecule is CC1CCCC(C)N1C(=O)CSc1nnc(-c2cccs2)n1C1CC1. The summed E-state index contributed by atoms with van der Waals surface area (Å²) in [4.78, 5) is 16.0. The number of amides is 1. The first-order chi connectivity index (χ1) is 12.1. The fourth-order valence-corrected chi connectivity index (χ4v) is 5.31. The topological polar surface area (TPSA) is 51.0 Å². The van der Waals surface area contributed by atoms with Crippen LogP contribution in [0.5, 0.6) is 0 Å². The van der Waals surface area contributed by atoms with Crippen molar-refractivity contribution in [3.05, 3.63) is 17.5 Å². The zero-order valence-electron chi connectivity index (χ0n) is 14.7. The summed E-state index contributed by atoms with van der Waals surface area (Å²) in [5.74, 6) is 1.63. The molecule has 1 aliphatic carbocycles. The van der Waals surface area contributed by atoms with Gasteiger partial charge in [-0.2, -0.15) is 0 Å². The Hall–Kier alpha value is -1.34. The number of likely N-dealkylation sites (tertiary alicyclic amines) is 1. The molecule has 1 saturated carbocycles. The van der Waals surface area contributed by atoms with Crippen molar-refractivity contribution in [3.8, 4) is 10.7 Å². The van der Waals surface area contributed by atoms with Gasteiger partial charge in [-0.05, 0) is 57.4 Å². The fraction of sp³-hybridized carbons (Fsp3) is 0.611. The van der Waals surface area contributed by atoms with Crippen molar-refractivity contribution in [1.82, 2.24) is 19.7 Å². The monoisotopic (exact) mass is 376 g/mol. The predicted molar refractivity (Wildman–Crippen MR) is 102 cm³/mol. The van der Waals surface area contributed by atoms with E-state index in [0.717, 1.165) is 28.7 Å². The Morgan fingerprint density at radius 2 is 2.00 bits per heavy atom. The van der Waals surface area contributed by atoms with Crippen LogP contribution in [0.25, 0.3) is 10.7 Å². The molecule has 1 saturated heterocycles. The number of hydrogen-bond acceptors (Lipinski definition) is 5. The van der Waals surface area contributed by atoms with Gasteiger partial charge in [-0.15, -0.1) is 21.5 Å². The molecule has 4 rings (SSSR count). The molecule has 134 valence electrons. The maximum Gasteiger partial charge on any atom is 0.233 e. The Kier molecular flexibility index (Phi) is 4.86. The molecule has 3 heterocycles.